The lowest BCUT2D eigenvalue weighted by atomic mass is 10.4. The first-order valence-corrected chi connectivity index (χ1v) is 7.51. The van der Waals surface area contributed by atoms with E-state index in [1.165, 1.54) is 10.9 Å². The van der Waals surface area contributed by atoms with Crippen molar-refractivity contribution in [3.05, 3.63) is 12.0 Å². The minimum absolute atomic E-state index is 0.0359. The molecular weight excluding hydrogens is 284 g/mol. The van der Waals surface area contributed by atoms with Crippen LogP contribution in [0.3, 0.4) is 0 Å². The second-order valence-electron chi connectivity index (χ2n) is 4.25. The van der Waals surface area contributed by atoms with Crippen molar-refractivity contribution in [3.8, 4) is 0 Å². The molecular formula is C9H16N8O2S. The molecule has 0 aliphatic rings. The molecule has 2 heterocycles. The number of H-pyrrole nitrogens is 1. The van der Waals surface area contributed by atoms with E-state index in [0.29, 0.717) is 6.54 Å². The van der Waals surface area contributed by atoms with Crippen LogP contribution in [0.5, 0.6) is 0 Å². The van der Waals surface area contributed by atoms with Gasteiger partial charge in [-0.15, -0.1) is 10.2 Å². The summed E-state index contributed by atoms with van der Waals surface area (Å²) in [6.45, 7) is 4.16. The van der Waals surface area contributed by atoms with Crippen LogP contribution in [-0.2, 0) is 16.6 Å². The zero-order valence-electron chi connectivity index (χ0n) is 11.1. The average Bonchev–Trinajstić information content (AvgIpc) is 2.98. The van der Waals surface area contributed by atoms with Crippen LogP contribution in [-0.4, -0.2) is 38.8 Å². The zero-order valence-corrected chi connectivity index (χ0v) is 11.9. The summed E-state index contributed by atoms with van der Waals surface area (Å²) < 4.78 is 28.4. The van der Waals surface area contributed by atoms with Crippen molar-refractivity contribution in [1.29, 1.82) is 0 Å². The molecule has 1 atom stereocenters. The van der Waals surface area contributed by atoms with E-state index < -0.39 is 16.1 Å². The van der Waals surface area contributed by atoms with E-state index in [1.54, 1.807) is 6.92 Å². The molecule has 10 nitrogen and oxygen atoms in total. The third-order valence-electron chi connectivity index (χ3n) is 2.58. The maximum Gasteiger partial charge on any atom is 0.246 e. The Morgan fingerprint density at radius 3 is 2.90 bits per heavy atom. The monoisotopic (exact) mass is 300 g/mol. The second kappa shape index (κ2) is 5.54. The number of nitrogens with one attached hydrogen (secondary N) is 2. The maximum atomic E-state index is 12.2. The second-order valence-corrected chi connectivity index (χ2v) is 5.94. The van der Waals surface area contributed by atoms with Gasteiger partial charge in [-0.05, 0) is 13.3 Å². The molecule has 0 radical (unpaired) electrons. The van der Waals surface area contributed by atoms with E-state index in [-0.39, 0.29) is 16.5 Å². The van der Waals surface area contributed by atoms with Crippen LogP contribution in [0.4, 0.5) is 5.82 Å². The number of nitrogens with zero attached hydrogens (tertiary/aromatic N) is 5. The van der Waals surface area contributed by atoms with Gasteiger partial charge in [0.1, 0.15) is 4.90 Å². The van der Waals surface area contributed by atoms with Gasteiger partial charge in [-0.25, -0.2) is 13.1 Å². The molecule has 0 spiro atoms. The number of aromatic nitrogens is 6. The predicted octanol–water partition coefficient (Wildman–Crippen LogP) is -0.572. The Labute approximate surface area is 115 Å². The molecule has 0 bridgehead atoms. The van der Waals surface area contributed by atoms with Gasteiger partial charge < -0.3 is 5.73 Å². The smallest absolute Gasteiger partial charge is 0.246 e. The average molecular weight is 300 g/mol. The van der Waals surface area contributed by atoms with Crippen molar-refractivity contribution in [2.75, 3.05) is 5.73 Å². The molecule has 2 rings (SSSR count). The van der Waals surface area contributed by atoms with E-state index in [9.17, 15) is 8.42 Å². The first kappa shape index (κ1) is 14.4. The fourth-order valence-electron chi connectivity index (χ4n) is 1.67. The number of nitrogens with two attached hydrogens (primary N) is 1. The van der Waals surface area contributed by atoms with Gasteiger partial charge in [0.25, 0.3) is 0 Å². The molecule has 11 heteroatoms. The Balaban J connectivity index is 2.22. The maximum absolute atomic E-state index is 12.2. The Kier molecular flexibility index (Phi) is 3.99. The fraction of sp³-hybridized carbons (Fsp3) is 0.556. The van der Waals surface area contributed by atoms with Crippen molar-refractivity contribution in [2.24, 2.45) is 0 Å². The van der Waals surface area contributed by atoms with Crippen molar-refractivity contribution < 1.29 is 8.42 Å². The normalized spacial score (nSPS) is 13.5. The number of anilines is 1. The summed E-state index contributed by atoms with van der Waals surface area (Å²) in [7, 11) is -3.79. The van der Waals surface area contributed by atoms with Crippen LogP contribution in [0, 0.1) is 0 Å². The summed E-state index contributed by atoms with van der Waals surface area (Å²) in [5, 5.41) is 17.1. The molecule has 1 unspecified atom stereocenters. The minimum atomic E-state index is -3.79. The molecule has 2 aromatic rings. The van der Waals surface area contributed by atoms with E-state index in [0.717, 1.165) is 6.42 Å². The van der Waals surface area contributed by atoms with Crippen molar-refractivity contribution >= 4 is 15.8 Å². The van der Waals surface area contributed by atoms with Gasteiger partial charge in [-0.2, -0.15) is 10.3 Å². The van der Waals surface area contributed by atoms with Crippen LogP contribution in [0.2, 0.25) is 0 Å². The van der Waals surface area contributed by atoms with Crippen LogP contribution in [0.15, 0.2) is 11.1 Å². The Morgan fingerprint density at radius 2 is 2.30 bits per heavy atom. The van der Waals surface area contributed by atoms with E-state index in [2.05, 4.69) is 30.4 Å². The Hall–Kier alpha value is -2.01. The molecule has 0 aliphatic carbocycles. The number of aryl methyl sites for hydroxylation is 1. The van der Waals surface area contributed by atoms with Gasteiger partial charge in [0, 0.05) is 12.7 Å². The number of nitrogen functional groups attached to an aromatic ring is 1. The van der Waals surface area contributed by atoms with E-state index in [1.807, 2.05) is 6.92 Å². The summed E-state index contributed by atoms with van der Waals surface area (Å²) in [4.78, 5) is -0.0544. The largest absolute Gasteiger partial charge is 0.381 e. The van der Waals surface area contributed by atoms with Crippen molar-refractivity contribution in [1.82, 2.24) is 35.1 Å². The van der Waals surface area contributed by atoms with Crippen molar-refractivity contribution in [2.45, 2.75) is 37.8 Å². The fourth-order valence-corrected chi connectivity index (χ4v) is 2.95. The van der Waals surface area contributed by atoms with Gasteiger partial charge in [-0.3, -0.25) is 4.68 Å². The highest BCUT2D eigenvalue weighted by Gasteiger charge is 2.25. The van der Waals surface area contributed by atoms with E-state index >= 15 is 0 Å². The highest BCUT2D eigenvalue weighted by molar-refractivity contribution is 7.89. The van der Waals surface area contributed by atoms with Gasteiger partial charge in [0.2, 0.25) is 10.0 Å². The third-order valence-corrected chi connectivity index (χ3v) is 4.14. The summed E-state index contributed by atoms with van der Waals surface area (Å²) in [5.41, 5.74) is 5.65. The van der Waals surface area contributed by atoms with Gasteiger partial charge in [-0.1, -0.05) is 12.1 Å². The molecule has 110 valence electrons. The highest BCUT2D eigenvalue weighted by Crippen LogP contribution is 2.18. The van der Waals surface area contributed by atoms with Crippen LogP contribution < -0.4 is 10.5 Å². The lowest BCUT2D eigenvalue weighted by Crippen LogP contribution is -2.28. The molecule has 0 saturated carbocycles. The minimum Gasteiger partial charge on any atom is -0.381 e. The number of aromatic amines is 1. The molecule has 0 saturated heterocycles. The molecule has 0 aromatic carbocycles. The third kappa shape index (κ3) is 2.93. The first-order valence-electron chi connectivity index (χ1n) is 6.02. The van der Waals surface area contributed by atoms with E-state index in [4.69, 9.17) is 5.73 Å². The number of hydrogen-bond donors (Lipinski definition) is 3. The molecule has 0 fully saturated rings. The SMILES string of the molecule is CCCn1cc(S(=O)(=O)NC(C)c2nn[nH]n2)c(N)n1. The summed E-state index contributed by atoms with van der Waals surface area (Å²) >= 11 is 0. The van der Waals surface area contributed by atoms with Crippen LogP contribution in [0.1, 0.15) is 32.1 Å². The van der Waals surface area contributed by atoms with Gasteiger partial charge in [0.15, 0.2) is 11.6 Å². The lowest BCUT2D eigenvalue weighted by Gasteiger charge is -2.09. The lowest BCUT2D eigenvalue weighted by molar-refractivity contribution is 0.559. The molecule has 20 heavy (non-hydrogen) atoms. The predicted molar refractivity (Wildman–Crippen MR) is 69.8 cm³/mol. The topological polar surface area (TPSA) is 144 Å². The summed E-state index contributed by atoms with van der Waals surface area (Å²) in [5.74, 6) is 0.208. The quantitative estimate of drug-likeness (QED) is 0.647. The molecule has 0 aliphatic heterocycles. The Bertz CT molecular complexity index is 662. The summed E-state index contributed by atoms with van der Waals surface area (Å²) in [6.07, 6.45) is 2.23. The van der Waals surface area contributed by atoms with Crippen molar-refractivity contribution in [3.63, 3.8) is 0 Å². The zero-order chi connectivity index (χ0) is 14.8. The van der Waals surface area contributed by atoms with Crippen LogP contribution >= 0.6 is 0 Å². The van der Waals surface area contributed by atoms with Gasteiger partial charge in [0.05, 0.1) is 6.04 Å². The molecule has 0 amide bonds. The number of sulfonamides is 1. The molecule has 2 aromatic heterocycles. The number of rotatable bonds is 6. The van der Waals surface area contributed by atoms with Crippen LogP contribution in [0.25, 0.3) is 0 Å². The summed E-state index contributed by atoms with van der Waals surface area (Å²) in [6, 6.07) is -0.632. The van der Waals surface area contributed by atoms with Gasteiger partial charge >= 0.3 is 0 Å². The first-order chi connectivity index (χ1) is 9.44. The standard InChI is InChI=1S/C9H16N8O2S/c1-3-4-17-5-7(8(10)13-17)20(18,19)14-6(2)9-11-15-16-12-9/h5-6,14H,3-4H2,1-2H3,(H2,10,13)(H,11,12,15,16). The number of hydrogen-bond acceptors (Lipinski definition) is 7. The molecule has 4 N–H and O–H groups in total. The highest BCUT2D eigenvalue weighted by atomic mass is 32.2. The Morgan fingerprint density at radius 1 is 1.55 bits per heavy atom. The number of tetrazole rings is 1.